The molecule has 2 aromatic rings. The molecule has 0 bridgehead atoms. The number of methoxy groups -OCH3 is 1. The van der Waals surface area contributed by atoms with Gasteiger partial charge >= 0.3 is 5.97 Å². The lowest BCUT2D eigenvalue weighted by molar-refractivity contribution is -0.125. The smallest absolute Gasteiger partial charge is 0.342 e. The molecule has 3 rings (SSSR count). The number of fused-ring (bicyclic) bond motifs is 1. The highest BCUT2D eigenvalue weighted by Gasteiger charge is 2.22. The third-order valence-corrected chi connectivity index (χ3v) is 4.82. The number of nitrogens with one attached hydrogen (secondary N) is 1. The molecular weight excluding hydrogens is 386 g/mol. The summed E-state index contributed by atoms with van der Waals surface area (Å²) in [6.07, 6.45) is 0. The van der Waals surface area contributed by atoms with Crippen LogP contribution in [0, 0.1) is 12.8 Å². The topological polar surface area (TPSA) is 83.1 Å². The number of ether oxygens (including phenoxy) is 4. The summed E-state index contributed by atoms with van der Waals surface area (Å²) in [5.41, 5.74) is 2.08. The fourth-order valence-electron chi connectivity index (χ4n) is 3.29. The molecule has 0 aromatic heterocycles. The number of amides is 1. The van der Waals surface area contributed by atoms with Gasteiger partial charge < -0.3 is 24.3 Å². The van der Waals surface area contributed by atoms with Crippen molar-refractivity contribution in [1.29, 1.82) is 0 Å². The van der Waals surface area contributed by atoms with E-state index >= 15 is 0 Å². The molecule has 1 amide bonds. The normalized spacial score (nSPS) is 13.5. The zero-order chi connectivity index (χ0) is 21.7. The van der Waals surface area contributed by atoms with Crippen molar-refractivity contribution in [2.75, 3.05) is 26.9 Å². The van der Waals surface area contributed by atoms with Crippen molar-refractivity contribution in [2.24, 2.45) is 5.92 Å². The van der Waals surface area contributed by atoms with Gasteiger partial charge in [-0.1, -0.05) is 31.5 Å². The number of carbonyl (C=O) groups is 2. The molecule has 0 saturated heterocycles. The Labute approximate surface area is 176 Å². The van der Waals surface area contributed by atoms with E-state index in [2.05, 4.69) is 5.32 Å². The van der Waals surface area contributed by atoms with E-state index in [1.807, 2.05) is 45.0 Å². The monoisotopic (exact) mass is 413 g/mol. The zero-order valence-corrected chi connectivity index (χ0v) is 17.7. The van der Waals surface area contributed by atoms with Gasteiger partial charge in [-0.3, -0.25) is 4.79 Å². The minimum atomic E-state index is -0.605. The van der Waals surface area contributed by atoms with Crippen LogP contribution in [-0.4, -0.2) is 38.8 Å². The quantitative estimate of drug-likeness (QED) is 0.700. The first-order chi connectivity index (χ1) is 14.4. The van der Waals surface area contributed by atoms with E-state index in [0.29, 0.717) is 30.5 Å². The molecule has 7 heteroatoms. The average molecular weight is 413 g/mol. The summed E-state index contributed by atoms with van der Waals surface area (Å²) in [5.74, 6) is 0.887. The molecule has 0 fully saturated rings. The number of aryl methyl sites for hydroxylation is 1. The van der Waals surface area contributed by atoms with Gasteiger partial charge in [-0.25, -0.2) is 4.79 Å². The predicted molar refractivity (Wildman–Crippen MR) is 111 cm³/mol. The van der Waals surface area contributed by atoms with Crippen LogP contribution in [0.2, 0.25) is 0 Å². The van der Waals surface area contributed by atoms with E-state index < -0.39 is 5.97 Å². The van der Waals surface area contributed by atoms with Crippen LogP contribution in [0.3, 0.4) is 0 Å². The number of hydrogen-bond acceptors (Lipinski definition) is 6. The Kier molecular flexibility index (Phi) is 6.82. The van der Waals surface area contributed by atoms with Crippen LogP contribution >= 0.6 is 0 Å². The Morgan fingerprint density at radius 2 is 1.80 bits per heavy atom. The second kappa shape index (κ2) is 9.52. The van der Waals surface area contributed by atoms with Gasteiger partial charge in [0.25, 0.3) is 5.91 Å². The van der Waals surface area contributed by atoms with Gasteiger partial charge in [-0.2, -0.15) is 0 Å². The van der Waals surface area contributed by atoms with E-state index in [9.17, 15) is 9.59 Å². The highest BCUT2D eigenvalue weighted by Crippen LogP contribution is 2.34. The van der Waals surface area contributed by atoms with E-state index in [0.717, 1.165) is 11.1 Å². The molecule has 1 heterocycles. The summed E-state index contributed by atoms with van der Waals surface area (Å²) in [6, 6.07) is 10.6. The zero-order valence-electron chi connectivity index (χ0n) is 17.7. The third-order valence-electron chi connectivity index (χ3n) is 4.82. The maximum absolute atomic E-state index is 12.5. The van der Waals surface area contributed by atoms with Gasteiger partial charge in [-0.15, -0.1) is 0 Å². The highest BCUT2D eigenvalue weighted by atomic mass is 16.6. The highest BCUT2D eigenvalue weighted by molar-refractivity contribution is 5.94. The van der Waals surface area contributed by atoms with E-state index in [4.69, 9.17) is 18.9 Å². The van der Waals surface area contributed by atoms with Crippen molar-refractivity contribution in [3.8, 4) is 17.2 Å². The lowest BCUT2D eigenvalue weighted by Gasteiger charge is -2.25. The van der Waals surface area contributed by atoms with Gasteiger partial charge in [-0.05, 0) is 42.7 Å². The summed E-state index contributed by atoms with van der Waals surface area (Å²) in [4.78, 5) is 24.9. The van der Waals surface area contributed by atoms with Crippen molar-refractivity contribution < 1.29 is 28.5 Å². The summed E-state index contributed by atoms with van der Waals surface area (Å²) in [7, 11) is 1.48. The molecule has 1 aliphatic heterocycles. The van der Waals surface area contributed by atoms with Crippen LogP contribution in [0.5, 0.6) is 17.2 Å². The summed E-state index contributed by atoms with van der Waals surface area (Å²) >= 11 is 0. The van der Waals surface area contributed by atoms with Crippen LogP contribution in [0.15, 0.2) is 36.4 Å². The first kappa shape index (κ1) is 21.5. The lowest BCUT2D eigenvalue weighted by Crippen LogP contribution is -2.35. The molecule has 160 valence electrons. The maximum Gasteiger partial charge on any atom is 0.342 e. The van der Waals surface area contributed by atoms with Gasteiger partial charge in [0, 0.05) is 0 Å². The minimum Gasteiger partial charge on any atom is -0.496 e. The summed E-state index contributed by atoms with van der Waals surface area (Å²) < 4.78 is 21.6. The number of rotatable bonds is 7. The Hall–Kier alpha value is -3.22. The average Bonchev–Trinajstić information content (AvgIpc) is 2.75. The number of esters is 1. The molecule has 0 saturated carbocycles. The van der Waals surface area contributed by atoms with Crippen LogP contribution in [0.1, 0.15) is 41.4 Å². The Morgan fingerprint density at radius 3 is 2.50 bits per heavy atom. The largest absolute Gasteiger partial charge is 0.496 e. The molecule has 30 heavy (non-hydrogen) atoms. The number of benzene rings is 2. The second-order valence-electron chi connectivity index (χ2n) is 7.47. The van der Waals surface area contributed by atoms with Crippen LogP contribution in [0.4, 0.5) is 0 Å². The third kappa shape index (κ3) is 5.03. The lowest BCUT2D eigenvalue weighted by atomic mass is 9.95. The fraction of sp³-hybridized carbons (Fsp3) is 0.391. The van der Waals surface area contributed by atoms with Gasteiger partial charge in [0.2, 0.25) is 0 Å². The Bertz CT molecular complexity index is 924. The molecule has 1 N–H and O–H groups in total. The molecule has 0 unspecified atom stereocenters. The molecule has 2 aromatic carbocycles. The number of hydrogen-bond donors (Lipinski definition) is 1. The van der Waals surface area contributed by atoms with Crippen molar-refractivity contribution in [1.82, 2.24) is 5.32 Å². The van der Waals surface area contributed by atoms with Gasteiger partial charge in [0.1, 0.15) is 24.5 Å². The predicted octanol–water partition coefficient (Wildman–Crippen LogP) is 3.45. The molecular formula is C23H27NO6. The molecule has 1 aliphatic rings. The Morgan fingerprint density at radius 1 is 1.07 bits per heavy atom. The minimum absolute atomic E-state index is 0.115. The van der Waals surface area contributed by atoms with Crippen LogP contribution < -0.4 is 19.5 Å². The standard InChI is InChI=1S/C23H27NO6/c1-14(2)22(16-6-8-19-20(12-16)29-10-9-28-19)24-21(25)13-30-23(26)17-11-15(3)5-7-18(17)27-4/h5-8,11-12,14,22H,9-10,13H2,1-4H3,(H,24,25)/t22-/m1/s1. The van der Waals surface area contributed by atoms with Gasteiger partial charge in [0.05, 0.1) is 13.2 Å². The second-order valence-corrected chi connectivity index (χ2v) is 7.47. The first-order valence-electron chi connectivity index (χ1n) is 9.89. The van der Waals surface area contributed by atoms with Crippen LogP contribution in [0.25, 0.3) is 0 Å². The van der Waals surface area contributed by atoms with Gasteiger partial charge in [0.15, 0.2) is 18.1 Å². The molecule has 0 aliphatic carbocycles. The van der Waals surface area contributed by atoms with Crippen molar-refractivity contribution in [3.63, 3.8) is 0 Å². The van der Waals surface area contributed by atoms with E-state index in [1.54, 1.807) is 12.1 Å². The first-order valence-corrected chi connectivity index (χ1v) is 9.89. The van der Waals surface area contributed by atoms with Crippen LogP contribution in [-0.2, 0) is 9.53 Å². The fourth-order valence-corrected chi connectivity index (χ4v) is 3.29. The van der Waals surface area contributed by atoms with Crippen molar-refractivity contribution >= 4 is 11.9 Å². The Balaban J connectivity index is 1.65. The molecule has 7 nitrogen and oxygen atoms in total. The van der Waals surface area contributed by atoms with E-state index in [-0.39, 0.29) is 30.0 Å². The molecule has 0 radical (unpaired) electrons. The number of carbonyl (C=O) groups excluding carboxylic acids is 2. The maximum atomic E-state index is 12.5. The van der Waals surface area contributed by atoms with Crippen molar-refractivity contribution in [3.05, 3.63) is 53.1 Å². The molecule has 1 atom stereocenters. The van der Waals surface area contributed by atoms with Crippen molar-refractivity contribution in [2.45, 2.75) is 26.8 Å². The van der Waals surface area contributed by atoms with E-state index in [1.165, 1.54) is 7.11 Å². The SMILES string of the molecule is COc1ccc(C)cc1C(=O)OCC(=O)N[C@@H](c1ccc2c(c1)OCCO2)C(C)C. The summed E-state index contributed by atoms with van der Waals surface area (Å²) in [6.45, 7) is 6.51. The molecule has 0 spiro atoms. The summed E-state index contributed by atoms with van der Waals surface area (Å²) in [5, 5.41) is 2.94.